The number of Topliss-reactive ketones (excluding diaryl/α,β-unsaturated/α-hetero) is 1. The Morgan fingerprint density at radius 3 is 2.68 bits per heavy atom. The van der Waals surface area contributed by atoms with Gasteiger partial charge in [0.05, 0.1) is 6.10 Å². The van der Waals surface area contributed by atoms with Crippen molar-refractivity contribution in [1.29, 1.82) is 0 Å². The van der Waals surface area contributed by atoms with Crippen molar-refractivity contribution in [1.82, 2.24) is 0 Å². The van der Waals surface area contributed by atoms with Gasteiger partial charge in [-0.15, -0.1) is 0 Å². The first-order valence-corrected chi connectivity index (χ1v) is 6.16. The summed E-state index contributed by atoms with van der Waals surface area (Å²) in [6, 6.07) is 0. The fraction of sp³-hybridized carbons (Fsp3) is 0.429. The van der Waals surface area contributed by atoms with Crippen molar-refractivity contribution in [3.63, 3.8) is 0 Å². The molecular formula is C14H18O5. The predicted molar refractivity (Wildman–Crippen MR) is 69.4 cm³/mol. The molecule has 0 saturated carbocycles. The molecule has 104 valence electrons. The third-order valence-corrected chi connectivity index (χ3v) is 2.52. The third-order valence-electron chi connectivity index (χ3n) is 2.52. The number of carbonyl (C=O) groups excluding carboxylic acids is 1. The van der Waals surface area contributed by atoms with Crippen molar-refractivity contribution >= 4 is 11.8 Å². The Bertz CT molecular complexity index is 443. The number of rotatable bonds is 6. The summed E-state index contributed by atoms with van der Waals surface area (Å²) in [7, 11) is 0. The number of carbonyl (C=O) groups is 2. The van der Waals surface area contributed by atoms with Crippen LogP contribution in [0.2, 0.25) is 0 Å². The van der Waals surface area contributed by atoms with E-state index in [0.29, 0.717) is 0 Å². The Kier molecular flexibility index (Phi) is 5.51. The molecular weight excluding hydrogens is 248 g/mol. The van der Waals surface area contributed by atoms with Crippen LogP contribution in [-0.2, 0) is 14.3 Å². The van der Waals surface area contributed by atoms with E-state index in [9.17, 15) is 14.7 Å². The van der Waals surface area contributed by atoms with Gasteiger partial charge in [-0.2, -0.15) is 0 Å². The minimum atomic E-state index is -1.32. The SMILES string of the molecule is CC/C=C/C=C/C1OC(CC(C)O)=C(C(=O)O)C1=O. The van der Waals surface area contributed by atoms with Crippen LogP contribution in [0.3, 0.4) is 0 Å². The molecule has 0 amide bonds. The summed E-state index contributed by atoms with van der Waals surface area (Å²) in [5.74, 6) is -1.86. The van der Waals surface area contributed by atoms with Crippen molar-refractivity contribution in [2.75, 3.05) is 0 Å². The first-order valence-electron chi connectivity index (χ1n) is 6.16. The Labute approximate surface area is 111 Å². The molecule has 0 aromatic rings. The number of ketones is 1. The number of hydrogen-bond acceptors (Lipinski definition) is 4. The van der Waals surface area contributed by atoms with Crippen LogP contribution in [0.15, 0.2) is 35.6 Å². The number of aliphatic hydroxyl groups excluding tert-OH is 1. The molecule has 5 nitrogen and oxygen atoms in total. The Morgan fingerprint density at radius 1 is 1.47 bits per heavy atom. The monoisotopic (exact) mass is 266 g/mol. The van der Waals surface area contributed by atoms with Crippen molar-refractivity contribution in [2.24, 2.45) is 0 Å². The van der Waals surface area contributed by atoms with E-state index in [1.807, 2.05) is 13.0 Å². The van der Waals surface area contributed by atoms with Crippen LogP contribution in [0, 0.1) is 0 Å². The van der Waals surface area contributed by atoms with Gasteiger partial charge in [-0.1, -0.05) is 25.2 Å². The van der Waals surface area contributed by atoms with E-state index in [1.165, 1.54) is 13.0 Å². The minimum Gasteiger partial charge on any atom is -0.481 e. The first-order chi connectivity index (χ1) is 8.97. The summed E-state index contributed by atoms with van der Waals surface area (Å²) in [5, 5.41) is 18.3. The maximum absolute atomic E-state index is 11.9. The Morgan fingerprint density at radius 2 is 2.16 bits per heavy atom. The minimum absolute atomic E-state index is 0.0164. The van der Waals surface area contributed by atoms with Gasteiger partial charge in [-0.05, 0) is 19.4 Å². The zero-order chi connectivity index (χ0) is 14.4. The van der Waals surface area contributed by atoms with Gasteiger partial charge in [0, 0.05) is 6.42 Å². The molecule has 0 saturated heterocycles. The predicted octanol–water partition coefficient (Wildman–Crippen LogP) is 1.59. The molecule has 0 aromatic heterocycles. The highest BCUT2D eigenvalue weighted by Crippen LogP contribution is 2.26. The summed E-state index contributed by atoms with van der Waals surface area (Å²) in [6.07, 6.45) is 6.03. The summed E-state index contributed by atoms with van der Waals surface area (Å²) in [5.41, 5.74) is -0.366. The summed E-state index contributed by atoms with van der Waals surface area (Å²) < 4.78 is 5.31. The van der Waals surface area contributed by atoms with E-state index in [4.69, 9.17) is 9.84 Å². The first kappa shape index (κ1) is 15.2. The molecule has 0 aliphatic carbocycles. The number of ether oxygens (including phenoxy) is 1. The van der Waals surface area contributed by atoms with Gasteiger partial charge >= 0.3 is 5.97 Å². The normalized spacial score (nSPS) is 21.4. The lowest BCUT2D eigenvalue weighted by atomic mass is 10.1. The zero-order valence-corrected chi connectivity index (χ0v) is 11.0. The number of carboxylic acid groups (broad SMARTS) is 1. The van der Waals surface area contributed by atoms with Crippen molar-refractivity contribution < 1.29 is 24.5 Å². The van der Waals surface area contributed by atoms with Crippen LogP contribution in [-0.4, -0.2) is 34.2 Å². The largest absolute Gasteiger partial charge is 0.481 e. The third kappa shape index (κ3) is 4.06. The van der Waals surface area contributed by atoms with Gasteiger partial charge in [0.1, 0.15) is 11.3 Å². The molecule has 0 aromatic carbocycles. The lowest BCUT2D eigenvalue weighted by Gasteiger charge is -2.08. The molecule has 1 aliphatic rings. The second-order valence-corrected chi connectivity index (χ2v) is 4.28. The molecule has 1 rings (SSSR count). The molecule has 2 N–H and O–H groups in total. The fourth-order valence-electron chi connectivity index (χ4n) is 1.69. The Hall–Kier alpha value is -1.88. The number of hydrogen-bond donors (Lipinski definition) is 2. The summed E-state index contributed by atoms with van der Waals surface area (Å²) >= 11 is 0. The maximum atomic E-state index is 11.9. The van der Waals surface area contributed by atoms with Gasteiger partial charge in [0.15, 0.2) is 6.10 Å². The van der Waals surface area contributed by atoms with Crippen LogP contribution < -0.4 is 0 Å². The molecule has 0 bridgehead atoms. The van der Waals surface area contributed by atoms with Crippen molar-refractivity contribution in [3.05, 3.63) is 35.6 Å². The molecule has 1 aliphatic heterocycles. The molecule has 5 heteroatoms. The van der Waals surface area contributed by atoms with Crippen LogP contribution in [0.4, 0.5) is 0 Å². The maximum Gasteiger partial charge on any atom is 0.342 e. The van der Waals surface area contributed by atoms with E-state index >= 15 is 0 Å². The number of aliphatic carboxylic acids is 1. The molecule has 1 heterocycles. The Balaban J connectivity index is 2.85. The molecule has 0 spiro atoms. The van der Waals surface area contributed by atoms with Crippen LogP contribution in [0.5, 0.6) is 0 Å². The van der Waals surface area contributed by atoms with Crippen LogP contribution in [0.25, 0.3) is 0 Å². The standard InChI is InChI=1S/C14H18O5/c1-3-4-5-6-7-10-13(16)12(14(17)18)11(19-10)8-9(2)15/h4-7,9-10,15H,3,8H2,1-2H3,(H,17,18)/b5-4+,7-6+. The second-order valence-electron chi connectivity index (χ2n) is 4.28. The lowest BCUT2D eigenvalue weighted by molar-refractivity contribution is -0.134. The topological polar surface area (TPSA) is 83.8 Å². The van der Waals surface area contributed by atoms with Crippen molar-refractivity contribution in [2.45, 2.75) is 38.9 Å². The lowest BCUT2D eigenvalue weighted by Crippen LogP contribution is -2.18. The van der Waals surface area contributed by atoms with E-state index in [0.717, 1.165) is 6.42 Å². The molecule has 2 atom stereocenters. The molecule has 0 radical (unpaired) electrons. The zero-order valence-electron chi connectivity index (χ0n) is 11.0. The quantitative estimate of drug-likeness (QED) is 0.563. The molecule has 19 heavy (non-hydrogen) atoms. The van der Waals surface area contributed by atoms with E-state index in [1.54, 1.807) is 12.2 Å². The number of allylic oxidation sites excluding steroid dienone is 3. The molecule has 0 fully saturated rings. The summed E-state index contributed by atoms with van der Waals surface area (Å²) in [6.45, 7) is 3.49. The van der Waals surface area contributed by atoms with Gasteiger partial charge in [-0.25, -0.2) is 4.79 Å². The fourth-order valence-corrected chi connectivity index (χ4v) is 1.69. The van der Waals surface area contributed by atoms with Gasteiger partial charge in [0.25, 0.3) is 0 Å². The van der Waals surface area contributed by atoms with Gasteiger partial charge in [-0.3, -0.25) is 4.79 Å². The van der Waals surface area contributed by atoms with Crippen LogP contribution in [0.1, 0.15) is 26.7 Å². The highest BCUT2D eigenvalue weighted by molar-refractivity contribution is 6.20. The van der Waals surface area contributed by atoms with E-state index < -0.39 is 24.0 Å². The number of carboxylic acids is 1. The van der Waals surface area contributed by atoms with Crippen molar-refractivity contribution in [3.8, 4) is 0 Å². The molecule has 2 unspecified atom stereocenters. The highest BCUT2D eigenvalue weighted by Gasteiger charge is 2.37. The van der Waals surface area contributed by atoms with E-state index in [2.05, 4.69) is 0 Å². The van der Waals surface area contributed by atoms with E-state index in [-0.39, 0.29) is 17.8 Å². The number of aliphatic hydroxyl groups is 1. The highest BCUT2D eigenvalue weighted by atomic mass is 16.5. The van der Waals surface area contributed by atoms with Crippen LogP contribution >= 0.6 is 0 Å². The smallest absolute Gasteiger partial charge is 0.342 e. The second kappa shape index (κ2) is 6.89. The van der Waals surface area contributed by atoms with Gasteiger partial charge < -0.3 is 14.9 Å². The average molecular weight is 266 g/mol. The summed E-state index contributed by atoms with van der Waals surface area (Å²) in [4.78, 5) is 22.9. The average Bonchev–Trinajstić information content (AvgIpc) is 2.60. The van der Waals surface area contributed by atoms with Gasteiger partial charge in [0.2, 0.25) is 5.78 Å².